The number of nitrogens with one attached hydrogen (secondary N) is 1. The molecule has 19 heavy (non-hydrogen) atoms. The molecule has 1 aromatic heterocycles. The van der Waals surface area contributed by atoms with Gasteiger partial charge in [-0.15, -0.1) is 0 Å². The second-order valence-electron chi connectivity index (χ2n) is 3.99. The topological polar surface area (TPSA) is 34.2 Å². The van der Waals surface area contributed by atoms with Gasteiger partial charge in [0.1, 0.15) is 11.5 Å². The molecule has 0 fully saturated rings. The molecule has 0 radical (unpaired) electrons. The summed E-state index contributed by atoms with van der Waals surface area (Å²) in [6.07, 6.45) is 3.25. The van der Waals surface area contributed by atoms with Crippen molar-refractivity contribution in [3.63, 3.8) is 0 Å². The van der Waals surface area contributed by atoms with Crippen LogP contribution in [0.4, 0.5) is 8.78 Å². The molecular weight excluding hydrogens is 250 g/mol. The average molecular weight is 264 g/mol. The first-order valence-corrected chi connectivity index (χ1v) is 5.96. The highest BCUT2D eigenvalue weighted by Gasteiger charge is 2.05. The monoisotopic (exact) mass is 264 g/mol. The number of hydrogen-bond donors (Lipinski definition) is 1. The number of rotatable bonds is 5. The summed E-state index contributed by atoms with van der Waals surface area (Å²) in [5.41, 5.74) is 0.960. The molecule has 0 aliphatic heterocycles. The van der Waals surface area contributed by atoms with Gasteiger partial charge in [0.2, 0.25) is 0 Å². The zero-order valence-electron chi connectivity index (χ0n) is 10.5. The predicted molar refractivity (Wildman–Crippen MR) is 68.0 cm³/mol. The summed E-state index contributed by atoms with van der Waals surface area (Å²) in [6.45, 7) is 3.54. The molecular formula is C14H14F2N2O. The van der Waals surface area contributed by atoms with Crippen molar-refractivity contribution in [2.45, 2.75) is 13.5 Å². The lowest BCUT2D eigenvalue weighted by Crippen LogP contribution is -2.11. The SMILES string of the molecule is CCNCc1cncc(Oc2ccc(F)c(F)c2)c1. The van der Waals surface area contributed by atoms with Gasteiger partial charge < -0.3 is 10.1 Å². The summed E-state index contributed by atoms with van der Waals surface area (Å²) < 4.78 is 31.3. The maximum atomic E-state index is 13.0. The van der Waals surface area contributed by atoms with E-state index in [0.717, 1.165) is 24.2 Å². The number of nitrogens with zero attached hydrogens (tertiary/aromatic N) is 1. The lowest BCUT2D eigenvalue weighted by Gasteiger charge is -2.07. The minimum Gasteiger partial charge on any atom is -0.456 e. The third-order valence-corrected chi connectivity index (χ3v) is 2.48. The fourth-order valence-electron chi connectivity index (χ4n) is 1.56. The van der Waals surface area contributed by atoms with Crippen molar-refractivity contribution in [2.75, 3.05) is 6.54 Å². The average Bonchev–Trinajstić information content (AvgIpc) is 2.41. The summed E-state index contributed by atoms with van der Waals surface area (Å²) >= 11 is 0. The molecule has 0 saturated carbocycles. The van der Waals surface area contributed by atoms with Crippen LogP contribution in [0.25, 0.3) is 0 Å². The zero-order valence-corrected chi connectivity index (χ0v) is 10.5. The maximum absolute atomic E-state index is 13.0. The molecule has 2 rings (SSSR count). The molecule has 0 saturated heterocycles. The standard InChI is InChI=1S/C14H14F2N2O/c1-2-17-7-10-5-12(9-18-8-10)19-11-3-4-13(15)14(16)6-11/h3-6,8-9,17H,2,7H2,1H3. The van der Waals surface area contributed by atoms with Gasteiger partial charge in [-0.3, -0.25) is 4.98 Å². The lowest BCUT2D eigenvalue weighted by atomic mass is 10.2. The van der Waals surface area contributed by atoms with E-state index in [4.69, 9.17) is 4.74 Å². The minimum atomic E-state index is -0.936. The summed E-state index contributed by atoms with van der Waals surface area (Å²) in [6, 6.07) is 5.21. The number of ether oxygens (including phenoxy) is 1. The lowest BCUT2D eigenvalue weighted by molar-refractivity contribution is 0.459. The smallest absolute Gasteiger partial charge is 0.162 e. The van der Waals surface area contributed by atoms with Crippen LogP contribution in [0, 0.1) is 11.6 Å². The highest BCUT2D eigenvalue weighted by Crippen LogP contribution is 2.23. The number of halogens is 2. The van der Waals surface area contributed by atoms with E-state index in [1.165, 1.54) is 12.3 Å². The first-order valence-electron chi connectivity index (χ1n) is 5.96. The number of pyridine rings is 1. The molecule has 2 aromatic rings. The van der Waals surface area contributed by atoms with Crippen LogP contribution in [0.1, 0.15) is 12.5 Å². The van der Waals surface area contributed by atoms with Crippen molar-refractivity contribution < 1.29 is 13.5 Å². The second-order valence-corrected chi connectivity index (χ2v) is 3.99. The Kier molecular flexibility index (Phi) is 4.41. The van der Waals surface area contributed by atoms with E-state index in [2.05, 4.69) is 10.3 Å². The van der Waals surface area contributed by atoms with Crippen LogP contribution in [0.3, 0.4) is 0 Å². The van der Waals surface area contributed by atoms with Crippen LogP contribution >= 0.6 is 0 Å². The number of aromatic nitrogens is 1. The fourth-order valence-corrected chi connectivity index (χ4v) is 1.56. The Morgan fingerprint density at radius 2 is 1.95 bits per heavy atom. The highest BCUT2D eigenvalue weighted by atomic mass is 19.2. The Labute approximate surface area is 110 Å². The van der Waals surface area contributed by atoms with Crippen LogP contribution in [0.2, 0.25) is 0 Å². The third-order valence-electron chi connectivity index (χ3n) is 2.48. The van der Waals surface area contributed by atoms with Crippen molar-refractivity contribution >= 4 is 0 Å². The van der Waals surface area contributed by atoms with E-state index in [9.17, 15) is 8.78 Å². The van der Waals surface area contributed by atoms with Crippen molar-refractivity contribution in [3.05, 3.63) is 53.9 Å². The molecule has 0 unspecified atom stereocenters. The summed E-state index contributed by atoms with van der Waals surface area (Å²) in [4.78, 5) is 4.04. The molecule has 1 heterocycles. The molecule has 100 valence electrons. The number of benzene rings is 1. The molecule has 0 amide bonds. The van der Waals surface area contributed by atoms with Gasteiger partial charge in [-0.2, -0.15) is 0 Å². The second kappa shape index (κ2) is 6.24. The zero-order chi connectivity index (χ0) is 13.7. The van der Waals surface area contributed by atoms with Gasteiger partial charge in [-0.1, -0.05) is 6.92 Å². The van der Waals surface area contributed by atoms with E-state index in [1.54, 1.807) is 12.3 Å². The molecule has 0 aliphatic carbocycles. The molecule has 0 bridgehead atoms. The van der Waals surface area contributed by atoms with Gasteiger partial charge in [0.25, 0.3) is 0 Å². The molecule has 0 spiro atoms. The van der Waals surface area contributed by atoms with Crippen LogP contribution in [-0.2, 0) is 6.54 Å². The quantitative estimate of drug-likeness (QED) is 0.900. The maximum Gasteiger partial charge on any atom is 0.162 e. The molecule has 5 heteroatoms. The molecule has 1 N–H and O–H groups in total. The Morgan fingerprint density at radius 3 is 2.68 bits per heavy atom. The van der Waals surface area contributed by atoms with Gasteiger partial charge in [-0.25, -0.2) is 8.78 Å². The Bertz CT molecular complexity index is 561. The third kappa shape index (κ3) is 3.72. The van der Waals surface area contributed by atoms with E-state index in [0.29, 0.717) is 12.3 Å². The Hall–Kier alpha value is -2.01. The summed E-state index contributed by atoms with van der Waals surface area (Å²) in [7, 11) is 0. The van der Waals surface area contributed by atoms with Crippen molar-refractivity contribution in [3.8, 4) is 11.5 Å². The van der Waals surface area contributed by atoms with Gasteiger partial charge in [0, 0.05) is 18.8 Å². The molecule has 0 atom stereocenters. The van der Waals surface area contributed by atoms with Gasteiger partial charge in [0.05, 0.1) is 6.20 Å². The van der Waals surface area contributed by atoms with Gasteiger partial charge in [-0.05, 0) is 30.3 Å². The normalized spacial score (nSPS) is 10.5. The molecule has 1 aromatic carbocycles. The summed E-state index contributed by atoms with van der Waals surface area (Å²) in [5, 5.41) is 3.17. The van der Waals surface area contributed by atoms with E-state index < -0.39 is 11.6 Å². The van der Waals surface area contributed by atoms with Crippen LogP contribution in [0.5, 0.6) is 11.5 Å². The van der Waals surface area contributed by atoms with E-state index >= 15 is 0 Å². The largest absolute Gasteiger partial charge is 0.456 e. The molecule has 0 aliphatic rings. The van der Waals surface area contributed by atoms with Crippen molar-refractivity contribution in [1.82, 2.24) is 10.3 Å². The van der Waals surface area contributed by atoms with Gasteiger partial charge >= 0.3 is 0 Å². The van der Waals surface area contributed by atoms with Crippen LogP contribution in [0.15, 0.2) is 36.7 Å². The first-order chi connectivity index (χ1) is 9.19. The van der Waals surface area contributed by atoms with Gasteiger partial charge in [0.15, 0.2) is 11.6 Å². The van der Waals surface area contributed by atoms with Crippen LogP contribution in [-0.4, -0.2) is 11.5 Å². The Balaban J connectivity index is 2.11. The summed E-state index contributed by atoms with van der Waals surface area (Å²) in [5.74, 6) is -1.11. The predicted octanol–water partition coefficient (Wildman–Crippen LogP) is 3.26. The van der Waals surface area contributed by atoms with Crippen molar-refractivity contribution in [2.24, 2.45) is 0 Å². The van der Waals surface area contributed by atoms with E-state index in [-0.39, 0.29) is 5.75 Å². The van der Waals surface area contributed by atoms with Crippen molar-refractivity contribution in [1.29, 1.82) is 0 Å². The van der Waals surface area contributed by atoms with Crippen LogP contribution < -0.4 is 10.1 Å². The minimum absolute atomic E-state index is 0.237. The Morgan fingerprint density at radius 1 is 1.11 bits per heavy atom. The first kappa shape index (κ1) is 13.4. The fraction of sp³-hybridized carbons (Fsp3) is 0.214. The number of hydrogen-bond acceptors (Lipinski definition) is 3. The highest BCUT2D eigenvalue weighted by molar-refractivity contribution is 5.31. The molecule has 3 nitrogen and oxygen atoms in total. The van der Waals surface area contributed by atoms with E-state index in [1.807, 2.05) is 6.92 Å².